The largest absolute Gasteiger partial charge is 0.334 e. The molecule has 1 aliphatic heterocycles. The molecule has 108 valence electrons. The van der Waals surface area contributed by atoms with Crippen molar-refractivity contribution in [3.63, 3.8) is 0 Å². The molecular weight excluding hydrogens is 298 g/mol. The van der Waals surface area contributed by atoms with Gasteiger partial charge in [0.05, 0.1) is 4.90 Å². The van der Waals surface area contributed by atoms with Crippen LogP contribution in [0, 0.1) is 6.92 Å². The van der Waals surface area contributed by atoms with Crippen LogP contribution in [-0.2, 0) is 9.05 Å². The first-order chi connectivity index (χ1) is 9.29. The lowest BCUT2D eigenvalue weighted by Crippen LogP contribution is -2.35. The maximum atomic E-state index is 12.4. The minimum Gasteiger partial charge on any atom is -0.334 e. The van der Waals surface area contributed by atoms with Gasteiger partial charge in [-0.15, -0.1) is 0 Å². The lowest BCUT2D eigenvalue weighted by atomic mass is 10.1. The highest BCUT2D eigenvalue weighted by Crippen LogP contribution is 2.21. The molecule has 0 saturated heterocycles. The van der Waals surface area contributed by atoms with Gasteiger partial charge in [0.1, 0.15) is 0 Å². The van der Waals surface area contributed by atoms with Crippen molar-refractivity contribution in [2.75, 3.05) is 13.1 Å². The highest BCUT2D eigenvalue weighted by atomic mass is 35.7. The number of carbonyl (C=O) groups is 1. The van der Waals surface area contributed by atoms with Crippen LogP contribution in [0.4, 0.5) is 0 Å². The number of carbonyl (C=O) groups excluding carboxylic acids is 1. The second-order valence-corrected chi connectivity index (χ2v) is 7.55. The summed E-state index contributed by atoms with van der Waals surface area (Å²) in [4.78, 5) is 14.2. The molecule has 0 N–H and O–H groups in total. The van der Waals surface area contributed by atoms with Gasteiger partial charge in [0.2, 0.25) is 0 Å². The number of aryl methyl sites for hydroxylation is 1. The molecule has 1 aromatic carbocycles. The van der Waals surface area contributed by atoms with E-state index in [0.717, 1.165) is 6.42 Å². The number of amides is 1. The van der Waals surface area contributed by atoms with Crippen LogP contribution in [0.25, 0.3) is 0 Å². The number of halogens is 1. The van der Waals surface area contributed by atoms with Crippen molar-refractivity contribution in [2.24, 2.45) is 0 Å². The molecule has 1 amide bonds. The summed E-state index contributed by atoms with van der Waals surface area (Å²) in [6.07, 6.45) is 2.98. The fourth-order valence-electron chi connectivity index (χ4n) is 2.28. The number of hydrogen-bond acceptors (Lipinski definition) is 3. The van der Waals surface area contributed by atoms with Crippen molar-refractivity contribution in [2.45, 2.75) is 25.2 Å². The zero-order chi connectivity index (χ0) is 14.9. The summed E-state index contributed by atoms with van der Waals surface area (Å²) in [5.74, 6) is -0.0755. The number of benzene rings is 1. The first kappa shape index (κ1) is 15.1. The van der Waals surface area contributed by atoms with Crippen molar-refractivity contribution >= 4 is 25.6 Å². The van der Waals surface area contributed by atoms with Crippen LogP contribution in [0.2, 0.25) is 0 Å². The standard InChI is InChI=1S/C14H16ClNO3S/c1-10-4-3-7-16(9-10)14(17)13-6-5-12(8-11(13)2)20(15,18)19/h4-6,8H,3,7,9H2,1-2H3. The second kappa shape index (κ2) is 5.58. The van der Waals surface area contributed by atoms with Crippen LogP contribution in [-0.4, -0.2) is 32.3 Å². The molecule has 0 spiro atoms. The van der Waals surface area contributed by atoms with Gasteiger partial charge >= 0.3 is 0 Å². The third-order valence-corrected chi connectivity index (χ3v) is 4.68. The minimum atomic E-state index is -3.76. The zero-order valence-corrected chi connectivity index (χ0v) is 13.0. The van der Waals surface area contributed by atoms with Gasteiger partial charge in [-0.25, -0.2) is 8.42 Å². The molecule has 6 heteroatoms. The zero-order valence-electron chi connectivity index (χ0n) is 11.4. The van der Waals surface area contributed by atoms with Gasteiger partial charge in [0.25, 0.3) is 15.0 Å². The Hall–Kier alpha value is -1.33. The quantitative estimate of drug-likeness (QED) is 0.623. The van der Waals surface area contributed by atoms with E-state index >= 15 is 0 Å². The average Bonchev–Trinajstić information content (AvgIpc) is 2.36. The first-order valence-electron chi connectivity index (χ1n) is 6.29. The van der Waals surface area contributed by atoms with E-state index in [1.54, 1.807) is 11.8 Å². The SMILES string of the molecule is CC1=CCCN(C(=O)c2ccc(S(=O)(=O)Cl)cc2C)C1. The van der Waals surface area contributed by atoms with Crippen molar-refractivity contribution in [3.8, 4) is 0 Å². The highest BCUT2D eigenvalue weighted by Gasteiger charge is 2.21. The Kier molecular flexibility index (Phi) is 4.20. The third-order valence-electron chi connectivity index (χ3n) is 3.33. The maximum Gasteiger partial charge on any atom is 0.261 e. The summed E-state index contributed by atoms with van der Waals surface area (Å²) in [6.45, 7) is 5.01. The Balaban J connectivity index is 2.30. The topological polar surface area (TPSA) is 54.5 Å². The molecule has 1 aliphatic rings. The normalized spacial score (nSPS) is 15.9. The van der Waals surface area contributed by atoms with Crippen LogP contribution in [0.15, 0.2) is 34.7 Å². The second-order valence-electron chi connectivity index (χ2n) is 4.98. The van der Waals surface area contributed by atoms with E-state index in [1.165, 1.54) is 23.8 Å². The van der Waals surface area contributed by atoms with Crippen LogP contribution >= 0.6 is 10.7 Å². The van der Waals surface area contributed by atoms with Crippen LogP contribution in [0.3, 0.4) is 0 Å². The van der Waals surface area contributed by atoms with Gasteiger partial charge in [0.15, 0.2) is 0 Å². The molecule has 0 fully saturated rings. The van der Waals surface area contributed by atoms with Crippen molar-refractivity contribution < 1.29 is 13.2 Å². The minimum absolute atomic E-state index is 0.0166. The lowest BCUT2D eigenvalue weighted by molar-refractivity contribution is 0.0765. The molecule has 0 unspecified atom stereocenters. The van der Waals surface area contributed by atoms with Crippen molar-refractivity contribution in [3.05, 3.63) is 41.0 Å². The summed E-state index contributed by atoms with van der Waals surface area (Å²) in [6, 6.07) is 4.33. The number of rotatable bonds is 2. The first-order valence-corrected chi connectivity index (χ1v) is 8.60. The summed E-state index contributed by atoms with van der Waals surface area (Å²) in [5, 5.41) is 0. The predicted molar refractivity (Wildman–Crippen MR) is 78.5 cm³/mol. The molecule has 0 bridgehead atoms. The molecule has 0 aliphatic carbocycles. The average molecular weight is 314 g/mol. The summed E-state index contributed by atoms with van der Waals surface area (Å²) in [7, 11) is 1.54. The van der Waals surface area contributed by atoms with Gasteiger partial charge in [-0.05, 0) is 44.0 Å². The predicted octanol–water partition coefficient (Wildman–Crippen LogP) is 2.71. The fraction of sp³-hybridized carbons (Fsp3) is 0.357. The van der Waals surface area contributed by atoms with Gasteiger partial charge < -0.3 is 4.90 Å². The number of nitrogens with zero attached hydrogens (tertiary/aromatic N) is 1. The Morgan fingerprint density at radius 1 is 1.30 bits per heavy atom. The van der Waals surface area contributed by atoms with Crippen LogP contribution in [0.1, 0.15) is 29.3 Å². The van der Waals surface area contributed by atoms with Gasteiger partial charge in [-0.3, -0.25) is 4.79 Å². The van der Waals surface area contributed by atoms with Gasteiger partial charge in [-0.2, -0.15) is 0 Å². The Morgan fingerprint density at radius 2 is 2.00 bits per heavy atom. The Morgan fingerprint density at radius 3 is 2.55 bits per heavy atom. The van der Waals surface area contributed by atoms with E-state index < -0.39 is 9.05 Å². The lowest BCUT2D eigenvalue weighted by Gasteiger charge is -2.26. The van der Waals surface area contributed by atoms with Crippen molar-refractivity contribution in [1.82, 2.24) is 4.90 Å². The molecular formula is C14H16ClNO3S. The molecule has 0 saturated carbocycles. The van der Waals surface area contributed by atoms with Gasteiger partial charge in [-0.1, -0.05) is 11.6 Å². The Labute approximate surface area is 123 Å². The summed E-state index contributed by atoms with van der Waals surface area (Å²) >= 11 is 0. The molecule has 0 atom stereocenters. The van der Waals surface area contributed by atoms with E-state index in [9.17, 15) is 13.2 Å². The third kappa shape index (κ3) is 3.22. The van der Waals surface area contributed by atoms with E-state index in [2.05, 4.69) is 6.08 Å². The Bertz CT molecular complexity index is 680. The van der Waals surface area contributed by atoms with Crippen molar-refractivity contribution in [1.29, 1.82) is 0 Å². The van der Waals surface area contributed by atoms with Gasteiger partial charge in [0, 0.05) is 29.3 Å². The highest BCUT2D eigenvalue weighted by molar-refractivity contribution is 8.13. The monoisotopic (exact) mass is 313 g/mol. The van der Waals surface area contributed by atoms with Crippen LogP contribution in [0.5, 0.6) is 0 Å². The fourth-order valence-corrected chi connectivity index (χ4v) is 3.12. The molecule has 4 nitrogen and oxygen atoms in total. The maximum absolute atomic E-state index is 12.4. The van der Waals surface area contributed by atoms with E-state index in [-0.39, 0.29) is 10.8 Å². The molecule has 1 aromatic rings. The van der Waals surface area contributed by atoms with E-state index in [0.29, 0.717) is 24.2 Å². The number of hydrogen-bond donors (Lipinski definition) is 0. The summed E-state index contributed by atoms with van der Waals surface area (Å²) in [5.41, 5.74) is 2.30. The summed E-state index contributed by atoms with van der Waals surface area (Å²) < 4.78 is 22.5. The molecule has 0 radical (unpaired) electrons. The smallest absolute Gasteiger partial charge is 0.261 e. The van der Waals surface area contributed by atoms with E-state index in [4.69, 9.17) is 10.7 Å². The molecule has 2 rings (SSSR count). The molecule has 20 heavy (non-hydrogen) atoms. The van der Waals surface area contributed by atoms with Crippen LogP contribution < -0.4 is 0 Å². The molecule has 0 aromatic heterocycles. The molecule has 1 heterocycles. The van der Waals surface area contributed by atoms with E-state index in [1.807, 2.05) is 6.92 Å².